The van der Waals surface area contributed by atoms with Crippen molar-refractivity contribution in [3.05, 3.63) is 53.9 Å². The lowest BCUT2D eigenvalue weighted by Gasteiger charge is -2.26. The van der Waals surface area contributed by atoms with Gasteiger partial charge in [-0.25, -0.2) is 14.4 Å². The molecule has 0 spiro atoms. The van der Waals surface area contributed by atoms with Gasteiger partial charge in [-0.05, 0) is 67.2 Å². The van der Waals surface area contributed by atoms with Crippen LogP contribution in [0.2, 0.25) is 0 Å². The summed E-state index contributed by atoms with van der Waals surface area (Å²) in [7, 11) is 0. The average molecular weight is 524 g/mol. The number of quaternary nitrogens is 1. The Morgan fingerprint density at radius 2 is 1.79 bits per heavy atom. The summed E-state index contributed by atoms with van der Waals surface area (Å²) in [6, 6.07) is 3.39. The number of thioether (sulfide) groups is 1. The molecule has 2 aromatic rings. The molecule has 3 rings (SSSR count). The molecule has 0 bridgehead atoms. The zero-order chi connectivity index (χ0) is 25.5. The van der Waals surface area contributed by atoms with Crippen molar-refractivity contribution in [1.82, 2.24) is 14.5 Å². The Morgan fingerprint density at radius 1 is 1.18 bits per heavy atom. The van der Waals surface area contributed by atoms with Crippen molar-refractivity contribution < 1.29 is 40.8 Å². The normalized spacial score (nSPS) is 21.2. The summed E-state index contributed by atoms with van der Waals surface area (Å²) in [5, 5.41) is 0. The third kappa shape index (κ3) is 5.03. The van der Waals surface area contributed by atoms with E-state index in [9.17, 15) is 35.9 Å². The second-order valence-corrected chi connectivity index (χ2v) is 8.81. The van der Waals surface area contributed by atoms with E-state index in [2.05, 4.69) is 9.82 Å². The predicted octanol–water partition coefficient (Wildman–Crippen LogP) is 5.68. The average Bonchev–Trinajstić information content (AvgIpc) is 2.90. The van der Waals surface area contributed by atoms with Crippen LogP contribution < -0.4 is 4.65 Å². The van der Waals surface area contributed by atoms with Crippen LogP contribution in [0.15, 0.2) is 47.6 Å². The van der Waals surface area contributed by atoms with Gasteiger partial charge in [0.1, 0.15) is 6.04 Å². The molecule has 2 atom stereocenters. The van der Waals surface area contributed by atoms with Crippen LogP contribution >= 0.6 is 24.0 Å². The number of nitrogens with zero attached hydrogens (tertiary/aromatic N) is 3. The van der Waals surface area contributed by atoms with E-state index in [0.29, 0.717) is 11.1 Å². The van der Waals surface area contributed by atoms with E-state index >= 15 is 0 Å². The fourth-order valence-electron chi connectivity index (χ4n) is 3.31. The molecule has 0 aliphatic carbocycles. The molecule has 182 valence electrons. The summed E-state index contributed by atoms with van der Waals surface area (Å²) in [6.45, 7) is 3.08. The molecule has 0 radical (unpaired) electrons. The number of hydroxylamine groups is 2. The fraction of sp³-hybridized carbons (Fsp3) is 0.300. The molecule has 6 nitrogen and oxygen atoms in total. The number of halogens is 6. The number of alkyl halides is 6. The van der Waals surface area contributed by atoms with Crippen LogP contribution in [0.4, 0.5) is 36.8 Å². The Morgan fingerprint density at radius 3 is 2.32 bits per heavy atom. The SMILES string of the molecule is Cc1cnccc1CN1C(=O)[N+](OC(=O)C(F)(F)F)(c2ccc(SC(F)(F)F)cc2)C(=S)C1C. The number of carbonyl (C=O) groups is 2. The van der Waals surface area contributed by atoms with E-state index in [-0.39, 0.29) is 22.1 Å². The highest BCUT2D eigenvalue weighted by Gasteiger charge is 2.64. The zero-order valence-electron chi connectivity index (χ0n) is 17.5. The van der Waals surface area contributed by atoms with E-state index < -0.39 is 46.1 Å². The molecule has 2 heterocycles. The second-order valence-electron chi connectivity index (χ2n) is 7.25. The summed E-state index contributed by atoms with van der Waals surface area (Å²) in [5.41, 5.74) is -3.64. The monoisotopic (exact) mass is 524 g/mol. The number of benzene rings is 1. The molecule has 1 aromatic carbocycles. The van der Waals surface area contributed by atoms with Crippen molar-refractivity contribution >= 4 is 46.7 Å². The van der Waals surface area contributed by atoms with Crippen molar-refractivity contribution in [3.63, 3.8) is 0 Å². The molecule has 2 amide bonds. The quantitative estimate of drug-likeness (QED) is 0.217. The summed E-state index contributed by atoms with van der Waals surface area (Å²) >= 11 is 4.84. The standard InChI is InChI=1S/C20H16F6N3O3S2/c1-11-9-27-8-7-13(11)10-28-12(2)16(33)29(18(28)31,32-17(30)19(21,22)23)14-3-5-15(6-4-14)34-20(24,25)26/h3-9,12H,10H2,1-2H3/q+1. The van der Waals surface area contributed by atoms with Gasteiger partial charge < -0.3 is 0 Å². The Balaban J connectivity index is 2.08. The third-order valence-corrected chi connectivity index (χ3v) is 6.35. The third-order valence-electron chi connectivity index (χ3n) is 5.01. The Bertz CT molecular complexity index is 1120. The van der Waals surface area contributed by atoms with Gasteiger partial charge >= 0.3 is 23.7 Å². The van der Waals surface area contributed by atoms with Crippen LogP contribution in [0.25, 0.3) is 0 Å². The summed E-state index contributed by atoms with van der Waals surface area (Å²) in [6.07, 6.45) is -2.46. The van der Waals surface area contributed by atoms with Crippen LogP contribution in [0, 0.1) is 6.92 Å². The van der Waals surface area contributed by atoms with Crippen molar-refractivity contribution in [2.75, 3.05) is 0 Å². The highest BCUT2D eigenvalue weighted by Crippen LogP contribution is 2.41. The largest absolute Gasteiger partial charge is 0.497 e. The lowest BCUT2D eigenvalue weighted by atomic mass is 10.1. The van der Waals surface area contributed by atoms with Crippen molar-refractivity contribution in [3.8, 4) is 0 Å². The van der Waals surface area contributed by atoms with Gasteiger partial charge in [0.05, 0.1) is 6.54 Å². The summed E-state index contributed by atoms with van der Waals surface area (Å²) in [5.74, 6) is -2.67. The first kappa shape index (κ1) is 25.9. The topological polar surface area (TPSA) is 59.5 Å². The van der Waals surface area contributed by atoms with E-state index in [1.807, 2.05) is 0 Å². The number of carbonyl (C=O) groups excluding carboxylic acids is 2. The van der Waals surface area contributed by atoms with Gasteiger partial charge in [0, 0.05) is 34.1 Å². The molecule has 14 heteroatoms. The Hall–Kier alpha value is -2.71. The smallest absolute Gasteiger partial charge is 0.271 e. The summed E-state index contributed by atoms with van der Waals surface area (Å²) in [4.78, 5) is 34.4. The van der Waals surface area contributed by atoms with Crippen LogP contribution in [0.5, 0.6) is 0 Å². The molecule has 0 saturated carbocycles. The summed E-state index contributed by atoms with van der Waals surface area (Å²) < 4.78 is 75.6. The first-order valence-electron chi connectivity index (χ1n) is 9.48. The maximum Gasteiger partial charge on any atom is 0.497 e. The first-order chi connectivity index (χ1) is 15.7. The number of thiocarbonyl (C=S) groups is 1. The van der Waals surface area contributed by atoms with E-state index in [0.717, 1.165) is 29.2 Å². The predicted molar refractivity (Wildman–Crippen MR) is 114 cm³/mol. The number of hydrogen-bond donors (Lipinski definition) is 0. The molecule has 34 heavy (non-hydrogen) atoms. The van der Waals surface area contributed by atoms with Crippen LogP contribution in [0.1, 0.15) is 18.1 Å². The minimum absolute atomic E-state index is 0.0833. The Labute approximate surface area is 199 Å². The molecule has 1 aliphatic rings. The van der Waals surface area contributed by atoms with Gasteiger partial charge in [0.15, 0.2) is 5.69 Å². The minimum atomic E-state index is -5.45. The molecule has 1 fully saturated rings. The molecular formula is C20H16F6N3O3S2+. The Kier molecular flexibility index (Phi) is 6.97. The highest BCUT2D eigenvalue weighted by atomic mass is 32.2. The number of hydrogen-bond acceptors (Lipinski definition) is 6. The molecule has 1 saturated heterocycles. The van der Waals surface area contributed by atoms with Crippen molar-refractivity contribution in [2.45, 2.75) is 43.0 Å². The molecule has 2 unspecified atom stereocenters. The maximum absolute atomic E-state index is 13.5. The molecule has 1 aliphatic heterocycles. The zero-order valence-corrected chi connectivity index (χ0v) is 19.1. The number of rotatable bonds is 5. The number of pyridine rings is 1. The van der Waals surface area contributed by atoms with E-state index in [1.165, 1.54) is 19.3 Å². The van der Waals surface area contributed by atoms with Gasteiger partial charge in [-0.2, -0.15) is 26.3 Å². The lowest BCUT2D eigenvalue weighted by Crippen LogP contribution is -2.57. The van der Waals surface area contributed by atoms with Crippen LogP contribution in [0.3, 0.4) is 0 Å². The van der Waals surface area contributed by atoms with Gasteiger partial charge in [-0.15, -0.1) is 0 Å². The van der Waals surface area contributed by atoms with Gasteiger partial charge in [-0.3, -0.25) is 9.88 Å². The number of amides is 2. The van der Waals surface area contributed by atoms with Gasteiger partial charge in [0.25, 0.3) is 4.99 Å². The first-order valence-corrected chi connectivity index (χ1v) is 10.7. The second kappa shape index (κ2) is 9.15. The number of aromatic nitrogens is 1. The van der Waals surface area contributed by atoms with E-state index in [4.69, 9.17) is 12.2 Å². The van der Waals surface area contributed by atoms with Crippen molar-refractivity contribution in [1.29, 1.82) is 0 Å². The minimum Gasteiger partial charge on any atom is -0.271 e. The maximum atomic E-state index is 13.5. The van der Waals surface area contributed by atoms with Gasteiger partial charge in [0.2, 0.25) is 0 Å². The number of urea groups is 1. The van der Waals surface area contributed by atoms with Gasteiger partial charge in [-0.1, -0.05) is 0 Å². The lowest BCUT2D eigenvalue weighted by molar-refractivity contribution is -0.216. The fourth-order valence-corrected chi connectivity index (χ4v) is 4.20. The van der Waals surface area contributed by atoms with E-state index in [1.54, 1.807) is 13.0 Å². The highest BCUT2D eigenvalue weighted by molar-refractivity contribution is 8.00. The number of aryl methyl sites for hydroxylation is 1. The molecule has 0 N–H and O–H groups in total. The van der Waals surface area contributed by atoms with Crippen LogP contribution in [-0.4, -0.2) is 44.6 Å². The van der Waals surface area contributed by atoms with Crippen LogP contribution in [-0.2, 0) is 16.2 Å². The molecule has 1 aromatic heterocycles. The van der Waals surface area contributed by atoms with Crippen molar-refractivity contribution in [2.24, 2.45) is 0 Å². The molecular weight excluding hydrogens is 508 g/mol.